The summed E-state index contributed by atoms with van der Waals surface area (Å²) >= 11 is 0.575. The number of aromatic nitrogens is 1. The standard InChI is InChI=1S/C9H13N3O5S2/c1-5-8(18-9(15)11-5)19(16,17)12-3-2-10-4-6(12)7(13)14/h6,10H,2-4H2,1H3,(H,11,15)(H,13,14). The Hall–Kier alpha value is -1.23. The molecule has 8 nitrogen and oxygen atoms in total. The fraction of sp³-hybridized carbons (Fsp3) is 0.556. The predicted octanol–water partition coefficient (Wildman–Crippen LogP) is -1.21. The number of carboxylic acids is 1. The van der Waals surface area contributed by atoms with Crippen molar-refractivity contribution in [3.8, 4) is 0 Å². The van der Waals surface area contributed by atoms with Gasteiger partial charge in [-0.1, -0.05) is 11.3 Å². The first-order chi connectivity index (χ1) is 8.84. The number of thiazole rings is 1. The van der Waals surface area contributed by atoms with Crippen LogP contribution in [0.2, 0.25) is 0 Å². The van der Waals surface area contributed by atoms with Gasteiger partial charge in [0.15, 0.2) is 4.21 Å². The van der Waals surface area contributed by atoms with Crippen LogP contribution >= 0.6 is 11.3 Å². The number of hydrogen-bond acceptors (Lipinski definition) is 6. The van der Waals surface area contributed by atoms with E-state index < -0.39 is 26.9 Å². The number of aryl methyl sites for hydroxylation is 1. The van der Waals surface area contributed by atoms with Crippen LogP contribution in [0.5, 0.6) is 0 Å². The third-order valence-corrected chi connectivity index (χ3v) is 6.29. The van der Waals surface area contributed by atoms with Crippen LogP contribution < -0.4 is 10.2 Å². The molecule has 0 aliphatic carbocycles. The number of nitrogens with zero attached hydrogens (tertiary/aromatic N) is 1. The van der Waals surface area contributed by atoms with Gasteiger partial charge < -0.3 is 15.4 Å². The molecule has 1 aliphatic heterocycles. The van der Waals surface area contributed by atoms with Crippen molar-refractivity contribution < 1.29 is 18.3 Å². The highest BCUT2D eigenvalue weighted by molar-refractivity contribution is 7.91. The molecule has 0 radical (unpaired) electrons. The highest BCUT2D eigenvalue weighted by Crippen LogP contribution is 2.23. The molecule has 1 fully saturated rings. The second-order valence-electron chi connectivity index (χ2n) is 4.10. The molecule has 2 heterocycles. The van der Waals surface area contributed by atoms with E-state index in [0.717, 1.165) is 4.31 Å². The summed E-state index contributed by atoms with van der Waals surface area (Å²) in [6.07, 6.45) is 0. The molecule has 0 spiro atoms. The van der Waals surface area contributed by atoms with Crippen molar-refractivity contribution >= 4 is 27.3 Å². The molecule has 1 unspecified atom stereocenters. The average Bonchev–Trinajstić information content (AvgIpc) is 2.69. The zero-order chi connectivity index (χ0) is 14.2. The van der Waals surface area contributed by atoms with Gasteiger partial charge in [-0.3, -0.25) is 9.59 Å². The second kappa shape index (κ2) is 5.04. The Balaban J connectivity index is 2.45. The summed E-state index contributed by atoms with van der Waals surface area (Å²) in [4.78, 5) is 24.2. The minimum Gasteiger partial charge on any atom is -0.480 e. The first-order valence-corrected chi connectivity index (χ1v) is 7.75. The van der Waals surface area contributed by atoms with E-state index in [1.165, 1.54) is 6.92 Å². The molecular formula is C9H13N3O5S2. The summed E-state index contributed by atoms with van der Waals surface area (Å²) < 4.78 is 25.7. The second-order valence-corrected chi connectivity index (χ2v) is 7.17. The summed E-state index contributed by atoms with van der Waals surface area (Å²) in [5, 5.41) is 11.9. The van der Waals surface area contributed by atoms with Gasteiger partial charge in [-0.15, -0.1) is 0 Å². The normalized spacial score (nSPS) is 21.4. The molecule has 106 valence electrons. The molecule has 0 aromatic carbocycles. The minimum atomic E-state index is -3.97. The number of nitrogens with one attached hydrogen (secondary N) is 2. The van der Waals surface area contributed by atoms with E-state index in [1.54, 1.807) is 0 Å². The van der Waals surface area contributed by atoms with E-state index in [2.05, 4.69) is 10.3 Å². The van der Waals surface area contributed by atoms with Crippen molar-refractivity contribution in [1.82, 2.24) is 14.6 Å². The lowest BCUT2D eigenvalue weighted by Gasteiger charge is -2.31. The molecule has 1 aromatic heterocycles. The van der Waals surface area contributed by atoms with Crippen LogP contribution in [0.3, 0.4) is 0 Å². The molecule has 2 rings (SSSR count). The molecule has 10 heteroatoms. The number of aliphatic carboxylic acids is 1. The Morgan fingerprint density at radius 1 is 1.53 bits per heavy atom. The van der Waals surface area contributed by atoms with Gasteiger partial charge in [-0.25, -0.2) is 8.42 Å². The average molecular weight is 307 g/mol. The lowest BCUT2D eigenvalue weighted by atomic mass is 10.2. The molecule has 0 saturated carbocycles. The largest absolute Gasteiger partial charge is 0.480 e. The highest BCUT2D eigenvalue weighted by Gasteiger charge is 2.39. The van der Waals surface area contributed by atoms with Crippen molar-refractivity contribution in [2.45, 2.75) is 17.2 Å². The molecule has 1 atom stereocenters. The lowest BCUT2D eigenvalue weighted by molar-refractivity contribution is -0.141. The van der Waals surface area contributed by atoms with E-state index in [4.69, 9.17) is 5.11 Å². The highest BCUT2D eigenvalue weighted by atomic mass is 32.2. The van der Waals surface area contributed by atoms with Gasteiger partial charge >= 0.3 is 10.8 Å². The molecule has 1 aliphatic rings. The van der Waals surface area contributed by atoms with Gasteiger partial charge in [-0.05, 0) is 6.92 Å². The van der Waals surface area contributed by atoms with Gasteiger partial charge in [0.25, 0.3) is 10.0 Å². The Bertz CT molecular complexity index is 647. The van der Waals surface area contributed by atoms with Crippen molar-refractivity contribution in [2.75, 3.05) is 19.6 Å². The number of carbonyl (C=O) groups is 1. The minimum absolute atomic E-state index is 0.0485. The molecule has 0 bridgehead atoms. The number of sulfonamides is 1. The van der Waals surface area contributed by atoms with E-state index in [-0.39, 0.29) is 23.0 Å². The number of H-pyrrole nitrogens is 1. The van der Waals surface area contributed by atoms with Crippen LogP contribution in [0.25, 0.3) is 0 Å². The van der Waals surface area contributed by atoms with Crippen LogP contribution in [-0.2, 0) is 14.8 Å². The van der Waals surface area contributed by atoms with Crippen LogP contribution in [0.15, 0.2) is 9.00 Å². The van der Waals surface area contributed by atoms with Crippen LogP contribution in [0.1, 0.15) is 5.69 Å². The summed E-state index contributed by atoms with van der Waals surface area (Å²) in [6.45, 7) is 1.96. The Labute approximate surface area is 113 Å². The van der Waals surface area contributed by atoms with E-state index in [9.17, 15) is 18.0 Å². The monoisotopic (exact) mass is 307 g/mol. The van der Waals surface area contributed by atoms with E-state index >= 15 is 0 Å². The molecule has 0 amide bonds. The maximum absolute atomic E-state index is 12.4. The Morgan fingerprint density at radius 3 is 2.74 bits per heavy atom. The molecule has 1 aromatic rings. The van der Waals surface area contributed by atoms with Crippen LogP contribution in [-0.4, -0.2) is 54.5 Å². The number of hydrogen-bond donors (Lipinski definition) is 3. The van der Waals surface area contributed by atoms with Crippen molar-refractivity contribution in [3.05, 3.63) is 15.4 Å². The predicted molar refractivity (Wildman–Crippen MR) is 67.9 cm³/mol. The summed E-state index contributed by atoms with van der Waals surface area (Å²) in [5.74, 6) is -1.21. The van der Waals surface area contributed by atoms with Gasteiger partial charge in [0, 0.05) is 25.3 Å². The van der Waals surface area contributed by atoms with Gasteiger partial charge in [0.05, 0.1) is 0 Å². The van der Waals surface area contributed by atoms with Crippen molar-refractivity contribution in [1.29, 1.82) is 0 Å². The molecule has 19 heavy (non-hydrogen) atoms. The smallest absolute Gasteiger partial charge is 0.323 e. The number of aromatic amines is 1. The number of rotatable bonds is 3. The first-order valence-electron chi connectivity index (χ1n) is 5.49. The van der Waals surface area contributed by atoms with Gasteiger partial charge in [0.1, 0.15) is 6.04 Å². The zero-order valence-corrected chi connectivity index (χ0v) is 11.7. The zero-order valence-electron chi connectivity index (χ0n) is 10.0. The topological polar surface area (TPSA) is 120 Å². The third-order valence-electron chi connectivity index (χ3n) is 2.80. The third kappa shape index (κ3) is 2.56. The van der Waals surface area contributed by atoms with E-state index in [0.29, 0.717) is 17.9 Å². The molecule has 1 saturated heterocycles. The number of piperazine rings is 1. The van der Waals surface area contributed by atoms with Crippen LogP contribution in [0.4, 0.5) is 0 Å². The Kier molecular flexibility index (Phi) is 3.76. The number of carboxylic acid groups (broad SMARTS) is 1. The van der Waals surface area contributed by atoms with Gasteiger partial charge in [0.2, 0.25) is 0 Å². The fourth-order valence-corrected chi connectivity index (χ4v) is 4.92. The van der Waals surface area contributed by atoms with Crippen LogP contribution in [0, 0.1) is 6.92 Å². The maximum atomic E-state index is 12.4. The quantitative estimate of drug-likeness (QED) is 0.645. The fourth-order valence-electron chi connectivity index (χ4n) is 1.93. The summed E-state index contributed by atoms with van der Waals surface area (Å²) in [6, 6.07) is -1.16. The van der Waals surface area contributed by atoms with E-state index in [1.807, 2.05) is 0 Å². The summed E-state index contributed by atoms with van der Waals surface area (Å²) in [5.41, 5.74) is 0.234. The molecule has 3 N–H and O–H groups in total. The molecular weight excluding hydrogens is 294 g/mol. The van der Waals surface area contributed by atoms with Crippen molar-refractivity contribution in [3.63, 3.8) is 0 Å². The summed E-state index contributed by atoms with van der Waals surface area (Å²) in [7, 11) is -3.97. The Morgan fingerprint density at radius 2 is 2.21 bits per heavy atom. The maximum Gasteiger partial charge on any atom is 0.323 e. The lowest BCUT2D eigenvalue weighted by Crippen LogP contribution is -2.56. The first kappa shape index (κ1) is 14.2. The SMILES string of the molecule is Cc1[nH]c(=O)sc1S(=O)(=O)N1CCNCC1C(=O)O. The van der Waals surface area contributed by atoms with Gasteiger partial charge in [-0.2, -0.15) is 4.31 Å². The van der Waals surface area contributed by atoms with Crippen molar-refractivity contribution in [2.24, 2.45) is 0 Å².